The van der Waals surface area contributed by atoms with Crippen LogP contribution in [0.4, 0.5) is 10.1 Å². The lowest BCUT2D eigenvalue weighted by Gasteiger charge is -2.36. The lowest BCUT2D eigenvalue weighted by molar-refractivity contribution is 0.0746. The second-order valence-electron chi connectivity index (χ2n) is 5.12. The van der Waals surface area contributed by atoms with Gasteiger partial charge in [0.15, 0.2) is 0 Å². The number of benzene rings is 2. The zero-order valence-electron chi connectivity index (χ0n) is 11.7. The fourth-order valence-electron chi connectivity index (χ4n) is 2.58. The monoisotopic (exact) mass is 284 g/mol. The van der Waals surface area contributed by atoms with Crippen molar-refractivity contribution in [3.63, 3.8) is 0 Å². The summed E-state index contributed by atoms with van der Waals surface area (Å²) in [5.74, 6) is -0.344. The third-order valence-electron chi connectivity index (χ3n) is 3.78. The molecule has 0 bridgehead atoms. The fraction of sp³-hybridized carbons (Fsp3) is 0.235. The summed E-state index contributed by atoms with van der Waals surface area (Å²) in [5, 5.41) is 0. The smallest absolute Gasteiger partial charge is 0.253 e. The van der Waals surface area contributed by atoms with Crippen LogP contribution >= 0.6 is 0 Å². The van der Waals surface area contributed by atoms with Gasteiger partial charge >= 0.3 is 0 Å². The van der Waals surface area contributed by atoms with Crippen LogP contribution < -0.4 is 4.90 Å². The Labute approximate surface area is 123 Å². The van der Waals surface area contributed by atoms with Crippen LogP contribution in [0, 0.1) is 5.82 Å². The van der Waals surface area contributed by atoms with Gasteiger partial charge in [-0.25, -0.2) is 4.39 Å². The molecule has 1 heterocycles. The molecule has 108 valence electrons. The maximum Gasteiger partial charge on any atom is 0.253 e. The SMILES string of the molecule is O=C(c1ccc(F)cc1)N1CCN(c2ccccc2)CC1. The Bertz CT molecular complexity index is 604. The van der Waals surface area contributed by atoms with Crippen LogP contribution in [0.5, 0.6) is 0 Å². The van der Waals surface area contributed by atoms with E-state index in [9.17, 15) is 9.18 Å². The molecule has 2 aromatic rings. The third kappa shape index (κ3) is 3.05. The number of para-hydroxylation sites is 1. The molecule has 0 atom stereocenters. The summed E-state index contributed by atoms with van der Waals surface area (Å²) < 4.78 is 12.9. The number of hydrogen-bond donors (Lipinski definition) is 0. The molecule has 0 saturated carbocycles. The molecule has 21 heavy (non-hydrogen) atoms. The number of nitrogens with zero attached hydrogens (tertiary/aromatic N) is 2. The average Bonchev–Trinajstić information content (AvgIpc) is 2.56. The summed E-state index contributed by atoms with van der Waals surface area (Å²) in [4.78, 5) is 16.4. The first-order valence-corrected chi connectivity index (χ1v) is 7.09. The van der Waals surface area contributed by atoms with Gasteiger partial charge in [-0.3, -0.25) is 4.79 Å². The van der Waals surface area contributed by atoms with Crippen molar-refractivity contribution in [3.8, 4) is 0 Å². The molecule has 0 aromatic heterocycles. The van der Waals surface area contributed by atoms with Crippen LogP contribution in [0.25, 0.3) is 0 Å². The Hall–Kier alpha value is -2.36. The van der Waals surface area contributed by atoms with Crippen molar-refractivity contribution >= 4 is 11.6 Å². The molecule has 1 amide bonds. The second-order valence-corrected chi connectivity index (χ2v) is 5.12. The van der Waals surface area contributed by atoms with Crippen molar-refractivity contribution in [2.45, 2.75) is 0 Å². The molecule has 3 rings (SSSR count). The highest BCUT2D eigenvalue weighted by Crippen LogP contribution is 2.16. The van der Waals surface area contributed by atoms with Gasteiger partial charge < -0.3 is 9.80 Å². The van der Waals surface area contributed by atoms with E-state index in [1.165, 1.54) is 17.8 Å². The van der Waals surface area contributed by atoms with Crippen LogP contribution in [0.1, 0.15) is 10.4 Å². The van der Waals surface area contributed by atoms with Crippen LogP contribution in [-0.4, -0.2) is 37.0 Å². The number of amides is 1. The van der Waals surface area contributed by atoms with Gasteiger partial charge in [0.25, 0.3) is 5.91 Å². The van der Waals surface area contributed by atoms with Crippen LogP contribution in [0.2, 0.25) is 0 Å². The fourth-order valence-corrected chi connectivity index (χ4v) is 2.58. The quantitative estimate of drug-likeness (QED) is 0.846. The molecule has 0 aliphatic carbocycles. The summed E-state index contributed by atoms with van der Waals surface area (Å²) in [6, 6.07) is 15.9. The highest BCUT2D eigenvalue weighted by atomic mass is 19.1. The predicted molar refractivity (Wildman–Crippen MR) is 81.0 cm³/mol. The topological polar surface area (TPSA) is 23.6 Å². The van der Waals surface area contributed by atoms with Crippen molar-refractivity contribution in [1.29, 1.82) is 0 Å². The van der Waals surface area contributed by atoms with E-state index >= 15 is 0 Å². The minimum Gasteiger partial charge on any atom is -0.368 e. The van der Waals surface area contributed by atoms with Gasteiger partial charge in [-0.2, -0.15) is 0 Å². The summed E-state index contributed by atoms with van der Waals surface area (Å²) >= 11 is 0. The summed E-state index contributed by atoms with van der Waals surface area (Å²) in [6.07, 6.45) is 0. The maximum atomic E-state index is 12.9. The average molecular weight is 284 g/mol. The highest BCUT2D eigenvalue weighted by Gasteiger charge is 2.22. The van der Waals surface area contributed by atoms with Crippen molar-refractivity contribution in [2.75, 3.05) is 31.1 Å². The van der Waals surface area contributed by atoms with Gasteiger partial charge in [-0.1, -0.05) is 18.2 Å². The molecular weight excluding hydrogens is 267 g/mol. The molecule has 3 nitrogen and oxygen atoms in total. The lowest BCUT2D eigenvalue weighted by Crippen LogP contribution is -2.48. The molecule has 0 radical (unpaired) electrons. The zero-order valence-corrected chi connectivity index (χ0v) is 11.7. The highest BCUT2D eigenvalue weighted by molar-refractivity contribution is 5.94. The third-order valence-corrected chi connectivity index (χ3v) is 3.78. The van der Waals surface area contributed by atoms with Gasteiger partial charge in [-0.05, 0) is 36.4 Å². The molecule has 2 aromatic carbocycles. The molecule has 0 N–H and O–H groups in total. The number of carbonyl (C=O) groups excluding carboxylic acids is 1. The summed E-state index contributed by atoms with van der Waals surface area (Å²) in [5.41, 5.74) is 1.73. The molecule has 1 saturated heterocycles. The second kappa shape index (κ2) is 5.95. The predicted octanol–water partition coefficient (Wildman–Crippen LogP) is 2.79. The Morgan fingerprint density at radius 2 is 1.48 bits per heavy atom. The molecule has 1 aliphatic heterocycles. The maximum absolute atomic E-state index is 12.9. The van der Waals surface area contributed by atoms with Crippen LogP contribution in [0.3, 0.4) is 0 Å². The van der Waals surface area contributed by atoms with E-state index in [-0.39, 0.29) is 11.7 Å². The number of rotatable bonds is 2. The van der Waals surface area contributed by atoms with Crippen molar-refractivity contribution in [2.24, 2.45) is 0 Å². The van der Waals surface area contributed by atoms with E-state index in [1.807, 2.05) is 23.1 Å². The van der Waals surface area contributed by atoms with Gasteiger partial charge in [0.1, 0.15) is 5.82 Å². The Morgan fingerprint density at radius 3 is 2.10 bits per heavy atom. The minimum absolute atomic E-state index is 0.0253. The first kappa shape index (κ1) is 13.6. The van der Waals surface area contributed by atoms with Gasteiger partial charge in [0.05, 0.1) is 0 Å². The van der Waals surface area contributed by atoms with E-state index in [2.05, 4.69) is 17.0 Å². The van der Waals surface area contributed by atoms with E-state index in [1.54, 1.807) is 12.1 Å². The molecule has 0 spiro atoms. The Morgan fingerprint density at radius 1 is 0.857 bits per heavy atom. The number of piperazine rings is 1. The van der Waals surface area contributed by atoms with Crippen LogP contribution in [0.15, 0.2) is 54.6 Å². The number of carbonyl (C=O) groups is 1. The van der Waals surface area contributed by atoms with Gasteiger partial charge in [0, 0.05) is 37.4 Å². The van der Waals surface area contributed by atoms with Gasteiger partial charge in [0.2, 0.25) is 0 Å². The van der Waals surface area contributed by atoms with E-state index in [0.29, 0.717) is 18.7 Å². The lowest BCUT2D eigenvalue weighted by atomic mass is 10.1. The first-order chi connectivity index (χ1) is 10.2. The number of hydrogen-bond acceptors (Lipinski definition) is 2. The summed E-state index contributed by atoms with van der Waals surface area (Å²) in [7, 11) is 0. The summed E-state index contributed by atoms with van der Waals surface area (Å²) in [6.45, 7) is 3.00. The van der Waals surface area contributed by atoms with Gasteiger partial charge in [-0.15, -0.1) is 0 Å². The Balaban J connectivity index is 1.63. The first-order valence-electron chi connectivity index (χ1n) is 7.09. The van der Waals surface area contributed by atoms with E-state index in [4.69, 9.17) is 0 Å². The Kier molecular flexibility index (Phi) is 3.86. The van der Waals surface area contributed by atoms with E-state index < -0.39 is 0 Å². The van der Waals surface area contributed by atoms with Crippen LogP contribution in [-0.2, 0) is 0 Å². The largest absolute Gasteiger partial charge is 0.368 e. The number of anilines is 1. The molecule has 1 fully saturated rings. The van der Waals surface area contributed by atoms with E-state index in [0.717, 1.165) is 13.1 Å². The number of halogens is 1. The van der Waals surface area contributed by atoms with Crippen molar-refractivity contribution in [3.05, 3.63) is 66.0 Å². The molecule has 0 unspecified atom stereocenters. The standard InChI is InChI=1S/C17H17FN2O/c18-15-8-6-14(7-9-15)17(21)20-12-10-19(11-13-20)16-4-2-1-3-5-16/h1-9H,10-13H2. The van der Waals surface area contributed by atoms with Crippen molar-refractivity contribution in [1.82, 2.24) is 4.90 Å². The molecular formula is C17H17FN2O. The normalized spacial score (nSPS) is 15.1. The minimum atomic E-state index is -0.319. The van der Waals surface area contributed by atoms with Crippen molar-refractivity contribution < 1.29 is 9.18 Å². The zero-order chi connectivity index (χ0) is 14.7. The molecule has 1 aliphatic rings. The molecule has 4 heteroatoms.